The second-order valence-corrected chi connectivity index (χ2v) is 6.83. The average Bonchev–Trinajstić information content (AvgIpc) is 3.12. The van der Waals surface area contributed by atoms with E-state index in [9.17, 15) is 9.59 Å². The third kappa shape index (κ3) is 5.11. The van der Waals surface area contributed by atoms with Gasteiger partial charge in [-0.05, 0) is 24.8 Å². The Bertz CT molecular complexity index is 599. The van der Waals surface area contributed by atoms with Gasteiger partial charge in [0.1, 0.15) is 5.75 Å². The Labute approximate surface area is 148 Å². The molecule has 1 aliphatic carbocycles. The number of carbonyl (C=O) groups is 2. The number of carbonyl (C=O) groups excluding carboxylic acids is 2. The monoisotopic (exact) mass is 345 g/mol. The number of hydrogen-bond donors (Lipinski definition) is 3. The SMILES string of the molecule is O=C(CC1CCCC1)NCCNC(=O)NC1CCOc2ccccc21. The van der Waals surface area contributed by atoms with Crippen molar-refractivity contribution in [2.45, 2.75) is 44.6 Å². The Morgan fingerprint density at radius 2 is 1.80 bits per heavy atom. The molecule has 0 saturated heterocycles. The zero-order valence-corrected chi connectivity index (χ0v) is 14.6. The molecule has 1 aliphatic heterocycles. The average molecular weight is 345 g/mol. The maximum absolute atomic E-state index is 12.1. The van der Waals surface area contributed by atoms with E-state index in [0.29, 0.717) is 32.0 Å². The predicted molar refractivity (Wildman–Crippen MR) is 95.4 cm³/mol. The highest BCUT2D eigenvalue weighted by Gasteiger charge is 2.22. The van der Waals surface area contributed by atoms with Crippen molar-refractivity contribution in [1.29, 1.82) is 0 Å². The van der Waals surface area contributed by atoms with E-state index in [-0.39, 0.29) is 18.0 Å². The minimum atomic E-state index is -0.216. The van der Waals surface area contributed by atoms with Gasteiger partial charge in [-0.25, -0.2) is 4.79 Å². The van der Waals surface area contributed by atoms with Gasteiger partial charge in [-0.15, -0.1) is 0 Å². The second kappa shape index (κ2) is 8.74. The van der Waals surface area contributed by atoms with E-state index in [1.807, 2.05) is 24.3 Å². The molecule has 1 unspecified atom stereocenters. The number of amides is 3. The van der Waals surface area contributed by atoms with Crippen molar-refractivity contribution in [2.24, 2.45) is 5.92 Å². The topological polar surface area (TPSA) is 79.5 Å². The van der Waals surface area contributed by atoms with Crippen molar-refractivity contribution in [3.05, 3.63) is 29.8 Å². The molecule has 6 nitrogen and oxygen atoms in total. The van der Waals surface area contributed by atoms with Crippen LogP contribution in [-0.2, 0) is 4.79 Å². The molecular formula is C19H27N3O3. The van der Waals surface area contributed by atoms with Gasteiger partial charge in [-0.2, -0.15) is 0 Å². The third-order valence-electron chi connectivity index (χ3n) is 4.95. The number of ether oxygens (including phenoxy) is 1. The van der Waals surface area contributed by atoms with Gasteiger partial charge in [0.25, 0.3) is 0 Å². The van der Waals surface area contributed by atoms with E-state index < -0.39 is 0 Å². The third-order valence-corrected chi connectivity index (χ3v) is 4.95. The maximum atomic E-state index is 12.1. The highest BCUT2D eigenvalue weighted by Crippen LogP contribution is 2.31. The number of benzene rings is 1. The van der Waals surface area contributed by atoms with Crippen LogP contribution in [0.5, 0.6) is 5.75 Å². The van der Waals surface area contributed by atoms with Crippen LogP contribution >= 0.6 is 0 Å². The summed E-state index contributed by atoms with van der Waals surface area (Å²) in [6.45, 7) is 1.48. The van der Waals surface area contributed by atoms with E-state index in [2.05, 4.69) is 16.0 Å². The summed E-state index contributed by atoms with van der Waals surface area (Å²) >= 11 is 0. The van der Waals surface area contributed by atoms with Crippen LogP contribution in [0.3, 0.4) is 0 Å². The molecule has 25 heavy (non-hydrogen) atoms. The molecule has 1 fully saturated rings. The summed E-state index contributed by atoms with van der Waals surface area (Å²) in [5, 5.41) is 8.67. The van der Waals surface area contributed by atoms with Crippen molar-refractivity contribution in [2.75, 3.05) is 19.7 Å². The summed E-state index contributed by atoms with van der Waals surface area (Å²) in [6, 6.07) is 7.51. The second-order valence-electron chi connectivity index (χ2n) is 6.83. The van der Waals surface area contributed by atoms with Gasteiger partial charge in [0, 0.05) is 31.5 Å². The summed E-state index contributed by atoms with van der Waals surface area (Å²) in [7, 11) is 0. The lowest BCUT2D eigenvalue weighted by Crippen LogP contribution is -2.42. The summed E-state index contributed by atoms with van der Waals surface area (Å²) in [6.07, 6.45) is 6.19. The molecule has 0 aromatic heterocycles. The normalized spacial score (nSPS) is 19.6. The number of rotatable bonds is 6. The quantitative estimate of drug-likeness (QED) is 0.693. The molecule has 1 aromatic carbocycles. The Kier molecular flexibility index (Phi) is 6.14. The molecular weight excluding hydrogens is 318 g/mol. The van der Waals surface area contributed by atoms with Crippen molar-refractivity contribution in [3.8, 4) is 5.75 Å². The Morgan fingerprint density at radius 1 is 1.04 bits per heavy atom. The molecule has 1 atom stereocenters. The number of fused-ring (bicyclic) bond motifs is 1. The fourth-order valence-electron chi connectivity index (χ4n) is 3.63. The standard InChI is InChI=1S/C19H27N3O3/c23-18(13-14-5-1-2-6-14)20-10-11-21-19(24)22-16-9-12-25-17-8-4-3-7-15(16)17/h3-4,7-8,14,16H,1-2,5-6,9-13H2,(H,20,23)(H2,21,22,24). The van der Waals surface area contributed by atoms with Gasteiger partial charge in [0.15, 0.2) is 0 Å². The highest BCUT2D eigenvalue weighted by atomic mass is 16.5. The first-order valence-electron chi connectivity index (χ1n) is 9.25. The molecule has 0 spiro atoms. The molecule has 0 radical (unpaired) electrons. The summed E-state index contributed by atoms with van der Waals surface area (Å²) in [5.74, 6) is 1.47. The van der Waals surface area contributed by atoms with Gasteiger partial charge in [0.2, 0.25) is 5.91 Å². The van der Waals surface area contributed by atoms with E-state index in [0.717, 1.165) is 17.7 Å². The largest absolute Gasteiger partial charge is 0.493 e. The minimum Gasteiger partial charge on any atom is -0.493 e. The van der Waals surface area contributed by atoms with Crippen LogP contribution in [0.2, 0.25) is 0 Å². The van der Waals surface area contributed by atoms with Crippen molar-refractivity contribution in [1.82, 2.24) is 16.0 Å². The highest BCUT2D eigenvalue weighted by molar-refractivity contribution is 5.76. The molecule has 3 rings (SSSR count). The van der Waals surface area contributed by atoms with Crippen LogP contribution in [0.1, 0.15) is 50.1 Å². The van der Waals surface area contributed by atoms with Gasteiger partial charge in [-0.1, -0.05) is 31.0 Å². The van der Waals surface area contributed by atoms with Crippen LogP contribution in [-0.4, -0.2) is 31.6 Å². The Hall–Kier alpha value is -2.24. The van der Waals surface area contributed by atoms with Gasteiger partial charge in [-0.3, -0.25) is 4.79 Å². The van der Waals surface area contributed by atoms with E-state index in [1.54, 1.807) is 0 Å². The van der Waals surface area contributed by atoms with Gasteiger partial charge in [0.05, 0.1) is 12.6 Å². The molecule has 3 amide bonds. The molecule has 3 N–H and O–H groups in total. The lowest BCUT2D eigenvalue weighted by Gasteiger charge is -2.26. The van der Waals surface area contributed by atoms with Crippen molar-refractivity contribution in [3.63, 3.8) is 0 Å². The van der Waals surface area contributed by atoms with Crippen LogP contribution in [0.15, 0.2) is 24.3 Å². The van der Waals surface area contributed by atoms with Gasteiger partial charge >= 0.3 is 6.03 Å². The lowest BCUT2D eigenvalue weighted by molar-refractivity contribution is -0.121. The minimum absolute atomic E-state index is 0.0399. The predicted octanol–water partition coefficient (Wildman–Crippen LogP) is 2.51. The number of urea groups is 1. The molecule has 1 aromatic rings. The van der Waals surface area contributed by atoms with E-state index in [1.165, 1.54) is 25.7 Å². The zero-order chi connectivity index (χ0) is 17.5. The molecule has 0 bridgehead atoms. The number of nitrogens with one attached hydrogen (secondary N) is 3. The van der Waals surface area contributed by atoms with Crippen LogP contribution in [0.25, 0.3) is 0 Å². The fourth-order valence-corrected chi connectivity index (χ4v) is 3.63. The smallest absolute Gasteiger partial charge is 0.315 e. The fraction of sp³-hybridized carbons (Fsp3) is 0.579. The first kappa shape index (κ1) is 17.6. The van der Waals surface area contributed by atoms with Crippen LogP contribution < -0.4 is 20.7 Å². The first-order chi connectivity index (χ1) is 12.2. The van der Waals surface area contributed by atoms with Gasteiger partial charge < -0.3 is 20.7 Å². The maximum Gasteiger partial charge on any atom is 0.315 e. The summed E-state index contributed by atoms with van der Waals surface area (Å²) in [5.41, 5.74) is 1.01. The summed E-state index contributed by atoms with van der Waals surface area (Å²) < 4.78 is 5.60. The molecule has 1 saturated carbocycles. The number of hydrogen-bond acceptors (Lipinski definition) is 3. The molecule has 6 heteroatoms. The zero-order valence-electron chi connectivity index (χ0n) is 14.6. The van der Waals surface area contributed by atoms with E-state index >= 15 is 0 Å². The van der Waals surface area contributed by atoms with Crippen LogP contribution in [0.4, 0.5) is 4.79 Å². The van der Waals surface area contributed by atoms with E-state index in [4.69, 9.17) is 4.74 Å². The molecule has 1 heterocycles. The Morgan fingerprint density at radius 3 is 2.64 bits per heavy atom. The summed E-state index contributed by atoms with van der Waals surface area (Å²) in [4.78, 5) is 23.9. The van der Waals surface area contributed by atoms with Crippen LogP contribution in [0, 0.1) is 5.92 Å². The van der Waals surface area contributed by atoms with Crippen molar-refractivity contribution >= 4 is 11.9 Å². The van der Waals surface area contributed by atoms with Crippen molar-refractivity contribution < 1.29 is 14.3 Å². The first-order valence-corrected chi connectivity index (χ1v) is 9.25. The molecule has 2 aliphatic rings. The number of para-hydroxylation sites is 1. The Balaban J connectivity index is 1.34. The lowest BCUT2D eigenvalue weighted by atomic mass is 10.0. The molecule has 136 valence electrons.